The van der Waals surface area contributed by atoms with E-state index in [1.165, 1.54) is 12.8 Å². The molecule has 17 heavy (non-hydrogen) atoms. The fraction of sp³-hybridized carbons (Fsp3) is 0.500. The van der Waals surface area contributed by atoms with Gasteiger partial charge in [0.2, 0.25) is 0 Å². The Bertz CT molecular complexity index is 430. The molecule has 0 spiro atoms. The highest BCUT2D eigenvalue weighted by Crippen LogP contribution is 2.32. The average Bonchev–Trinajstić information content (AvgIpc) is 2.31. The van der Waals surface area contributed by atoms with Crippen LogP contribution in [0.15, 0.2) is 18.2 Å². The molecule has 92 valence electrons. The van der Waals surface area contributed by atoms with E-state index in [1.54, 1.807) is 0 Å². The summed E-state index contributed by atoms with van der Waals surface area (Å²) in [4.78, 5) is 12.5. The molecular weight excluding hydrogens is 347 g/mol. The van der Waals surface area contributed by atoms with Crippen LogP contribution in [0.3, 0.4) is 0 Å². The second kappa shape index (κ2) is 5.70. The van der Waals surface area contributed by atoms with Crippen molar-refractivity contribution in [2.24, 2.45) is 11.8 Å². The van der Waals surface area contributed by atoms with Gasteiger partial charge in [-0.3, -0.25) is 4.79 Å². The van der Waals surface area contributed by atoms with Crippen molar-refractivity contribution < 1.29 is 4.79 Å². The molecule has 0 bridgehead atoms. The van der Waals surface area contributed by atoms with E-state index in [9.17, 15) is 4.79 Å². The van der Waals surface area contributed by atoms with Gasteiger partial charge in [-0.1, -0.05) is 31.4 Å². The molecule has 2 unspecified atom stereocenters. The van der Waals surface area contributed by atoms with Gasteiger partial charge in [0.05, 0.1) is 0 Å². The molecule has 2 atom stereocenters. The highest BCUT2D eigenvalue weighted by atomic mass is 127. The van der Waals surface area contributed by atoms with Crippen LogP contribution in [-0.4, -0.2) is 5.78 Å². The molecule has 1 nitrogen and oxygen atoms in total. The minimum Gasteiger partial charge on any atom is -0.294 e. The maximum atomic E-state index is 12.5. The maximum Gasteiger partial charge on any atom is 0.167 e. The van der Waals surface area contributed by atoms with Gasteiger partial charge in [0, 0.05) is 20.1 Å². The zero-order valence-corrected chi connectivity index (χ0v) is 12.8. The van der Waals surface area contributed by atoms with E-state index in [0.717, 1.165) is 22.0 Å². The number of benzene rings is 1. The number of halogens is 2. The van der Waals surface area contributed by atoms with E-state index in [-0.39, 0.29) is 11.7 Å². The first kappa shape index (κ1) is 13.3. The molecule has 1 aliphatic rings. The van der Waals surface area contributed by atoms with Crippen molar-refractivity contribution in [2.45, 2.75) is 32.6 Å². The molecule has 0 aliphatic heterocycles. The number of rotatable bonds is 2. The molecule has 0 amide bonds. The van der Waals surface area contributed by atoms with Crippen molar-refractivity contribution in [3.63, 3.8) is 0 Å². The number of hydrogen-bond donors (Lipinski definition) is 0. The predicted octanol–water partition coefficient (Wildman–Crippen LogP) is 4.95. The van der Waals surface area contributed by atoms with Gasteiger partial charge in [0.1, 0.15) is 0 Å². The van der Waals surface area contributed by atoms with Gasteiger partial charge in [-0.15, -0.1) is 0 Å². The van der Waals surface area contributed by atoms with Crippen molar-refractivity contribution in [1.82, 2.24) is 0 Å². The Hall–Kier alpha value is -0.0900. The van der Waals surface area contributed by atoms with Crippen LogP contribution in [0, 0.1) is 15.4 Å². The quantitative estimate of drug-likeness (QED) is 0.537. The third-order valence-corrected chi connectivity index (χ3v) is 4.68. The second-order valence-electron chi connectivity index (χ2n) is 4.96. The first-order valence-electron chi connectivity index (χ1n) is 6.07. The zero-order chi connectivity index (χ0) is 12.4. The van der Waals surface area contributed by atoms with Gasteiger partial charge in [-0.05, 0) is 59.5 Å². The van der Waals surface area contributed by atoms with Gasteiger partial charge in [-0.2, -0.15) is 0 Å². The lowest BCUT2D eigenvalue weighted by Gasteiger charge is -2.25. The molecule has 1 aromatic carbocycles. The minimum atomic E-state index is 0.200. The highest BCUT2D eigenvalue weighted by Gasteiger charge is 2.26. The van der Waals surface area contributed by atoms with Crippen molar-refractivity contribution in [3.05, 3.63) is 32.4 Å². The normalized spacial score (nSPS) is 24.6. The molecule has 1 aliphatic carbocycles. The number of hydrogen-bond acceptors (Lipinski definition) is 1. The summed E-state index contributed by atoms with van der Waals surface area (Å²) in [5, 5.41) is 0.651. The van der Waals surface area contributed by atoms with E-state index in [4.69, 9.17) is 11.6 Å². The van der Waals surface area contributed by atoms with Gasteiger partial charge >= 0.3 is 0 Å². The first-order valence-corrected chi connectivity index (χ1v) is 7.53. The summed E-state index contributed by atoms with van der Waals surface area (Å²) in [6.45, 7) is 2.24. The van der Waals surface area contributed by atoms with Crippen LogP contribution in [-0.2, 0) is 0 Å². The Morgan fingerprint density at radius 2 is 2.18 bits per heavy atom. The van der Waals surface area contributed by atoms with Gasteiger partial charge < -0.3 is 0 Å². The van der Waals surface area contributed by atoms with Crippen molar-refractivity contribution in [3.8, 4) is 0 Å². The number of ketones is 1. The fourth-order valence-corrected chi connectivity index (χ4v) is 3.35. The Morgan fingerprint density at radius 3 is 2.88 bits per heavy atom. The first-order chi connectivity index (χ1) is 8.08. The van der Waals surface area contributed by atoms with Crippen LogP contribution in [0.25, 0.3) is 0 Å². The van der Waals surface area contributed by atoms with Gasteiger partial charge in [0.25, 0.3) is 0 Å². The van der Waals surface area contributed by atoms with Crippen molar-refractivity contribution >= 4 is 40.0 Å². The number of Topliss-reactive ketones (excluding diaryl/α,β-unsaturated/α-hetero) is 1. The molecule has 0 radical (unpaired) electrons. The Kier molecular flexibility index (Phi) is 4.47. The van der Waals surface area contributed by atoms with E-state index < -0.39 is 0 Å². The molecule has 0 N–H and O–H groups in total. The molecule has 0 heterocycles. The lowest BCUT2D eigenvalue weighted by atomic mass is 9.79. The summed E-state index contributed by atoms with van der Waals surface area (Å²) < 4.78 is 1.01. The number of carbonyl (C=O) groups excluding carboxylic acids is 1. The van der Waals surface area contributed by atoms with Crippen LogP contribution in [0.1, 0.15) is 43.0 Å². The summed E-state index contributed by atoms with van der Waals surface area (Å²) in [5.41, 5.74) is 0.803. The topological polar surface area (TPSA) is 17.1 Å². The summed E-state index contributed by atoms with van der Waals surface area (Å²) in [6, 6.07) is 5.57. The summed E-state index contributed by atoms with van der Waals surface area (Å²) >= 11 is 8.19. The summed E-state index contributed by atoms with van der Waals surface area (Å²) in [7, 11) is 0. The van der Waals surface area contributed by atoms with E-state index in [2.05, 4.69) is 29.5 Å². The van der Waals surface area contributed by atoms with Crippen molar-refractivity contribution in [2.75, 3.05) is 0 Å². The second-order valence-corrected chi connectivity index (χ2v) is 6.56. The summed E-state index contributed by atoms with van der Waals surface area (Å²) in [6.07, 6.45) is 4.50. The molecule has 0 aromatic heterocycles. The maximum absolute atomic E-state index is 12.5. The smallest absolute Gasteiger partial charge is 0.167 e. The average molecular weight is 363 g/mol. The van der Waals surface area contributed by atoms with Crippen LogP contribution >= 0.6 is 34.2 Å². The third-order valence-electron chi connectivity index (χ3n) is 3.50. The van der Waals surface area contributed by atoms with Gasteiger partial charge in [-0.25, -0.2) is 0 Å². The highest BCUT2D eigenvalue weighted by molar-refractivity contribution is 14.1. The zero-order valence-electron chi connectivity index (χ0n) is 9.88. The predicted molar refractivity (Wildman–Crippen MR) is 79.6 cm³/mol. The largest absolute Gasteiger partial charge is 0.294 e. The van der Waals surface area contributed by atoms with Crippen LogP contribution in [0.2, 0.25) is 5.02 Å². The van der Waals surface area contributed by atoms with Crippen LogP contribution < -0.4 is 0 Å². The van der Waals surface area contributed by atoms with Crippen LogP contribution in [0.4, 0.5) is 0 Å². The molecule has 0 saturated heterocycles. The molecule has 1 saturated carbocycles. The van der Waals surface area contributed by atoms with Gasteiger partial charge in [0.15, 0.2) is 5.78 Å². The van der Waals surface area contributed by atoms with E-state index >= 15 is 0 Å². The molecule has 1 aromatic rings. The number of carbonyl (C=O) groups is 1. The monoisotopic (exact) mass is 362 g/mol. The van der Waals surface area contributed by atoms with E-state index in [0.29, 0.717) is 10.9 Å². The third kappa shape index (κ3) is 3.22. The van der Waals surface area contributed by atoms with Crippen LogP contribution in [0.5, 0.6) is 0 Å². The molecular formula is C14H16ClIO. The Labute approximate surface area is 121 Å². The molecule has 2 rings (SSSR count). The SMILES string of the molecule is CC1CCCC(C(=O)c2cc(Cl)ccc2I)C1. The Balaban J connectivity index is 2.21. The standard InChI is InChI=1S/C14H16ClIO/c1-9-3-2-4-10(7-9)14(17)12-8-11(15)5-6-13(12)16/h5-6,8-10H,2-4,7H2,1H3. The molecule has 3 heteroatoms. The van der Waals surface area contributed by atoms with E-state index in [1.807, 2.05) is 18.2 Å². The summed E-state index contributed by atoms with van der Waals surface area (Å²) in [5.74, 6) is 1.16. The lowest BCUT2D eigenvalue weighted by Crippen LogP contribution is -2.22. The fourth-order valence-electron chi connectivity index (χ4n) is 2.58. The van der Waals surface area contributed by atoms with Crippen molar-refractivity contribution in [1.29, 1.82) is 0 Å². The lowest BCUT2D eigenvalue weighted by molar-refractivity contribution is 0.0867. The Morgan fingerprint density at radius 1 is 1.41 bits per heavy atom. The minimum absolute atomic E-state index is 0.200. The molecule has 1 fully saturated rings.